The SMILES string of the molecule is COc1cc([N+](=O)[O-])ccc1NC(=O)[C@@H](C)Sc1ccc(F)c(Cl)c1. The highest BCUT2D eigenvalue weighted by Gasteiger charge is 2.18. The van der Waals surface area contributed by atoms with Crippen molar-refractivity contribution in [3.05, 3.63) is 57.4 Å². The first-order chi connectivity index (χ1) is 11.8. The molecule has 1 atom stereocenters. The first-order valence-electron chi connectivity index (χ1n) is 7.07. The predicted molar refractivity (Wildman–Crippen MR) is 95.0 cm³/mol. The number of nitrogens with one attached hydrogen (secondary N) is 1. The molecule has 132 valence electrons. The number of hydrogen-bond donors (Lipinski definition) is 1. The van der Waals surface area contributed by atoms with Crippen molar-refractivity contribution < 1.29 is 18.8 Å². The number of nitro groups is 1. The molecule has 0 saturated carbocycles. The molecule has 2 rings (SSSR count). The maximum Gasteiger partial charge on any atom is 0.273 e. The van der Waals surface area contributed by atoms with Crippen molar-refractivity contribution in [1.82, 2.24) is 0 Å². The lowest BCUT2D eigenvalue weighted by molar-refractivity contribution is -0.384. The number of carbonyl (C=O) groups excluding carboxylic acids is 1. The molecule has 0 aliphatic rings. The van der Waals surface area contributed by atoms with Crippen LogP contribution in [0.25, 0.3) is 0 Å². The minimum Gasteiger partial charge on any atom is -0.494 e. The van der Waals surface area contributed by atoms with Crippen molar-refractivity contribution in [2.75, 3.05) is 12.4 Å². The van der Waals surface area contributed by atoms with Crippen LogP contribution in [0, 0.1) is 15.9 Å². The van der Waals surface area contributed by atoms with Crippen LogP contribution in [0.4, 0.5) is 15.8 Å². The molecular formula is C16H14ClFN2O4S. The van der Waals surface area contributed by atoms with Gasteiger partial charge in [0, 0.05) is 11.0 Å². The average Bonchev–Trinajstić information content (AvgIpc) is 2.58. The molecule has 0 aromatic heterocycles. The summed E-state index contributed by atoms with van der Waals surface area (Å²) in [6, 6.07) is 8.11. The number of non-ortho nitro benzene ring substituents is 1. The zero-order valence-electron chi connectivity index (χ0n) is 13.3. The molecule has 9 heteroatoms. The fourth-order valence-electron chi connectivity index (χ4n) is 1.94. The number of benzene rings is 2. The van der Waals surface area contributed by atoms with E-state index in [0.717, 1.165) is 0 Å². The van der Waals surface area contributed by atoms with Gasteiger partial charge in [-0.1, -0.05) is 11.6 Å². The van der Waals surface area contributed by atoms with E-state index in [1.807, 2.05) is 0 Å². The summed E-state index contributed by atoms with van der Waals surface area (Å²) in [6.45, 7) is 1.68. The molecule has 6 nitrogen and oxygen atoms in total. The van der Waals surface area contributed by atoms with Gasteiger partial charge in [0.2, 0.25) is 5.91 Å². The van der Waals surface area contributed by atoms with Crippen LogP contribution >= 0.6 is 23.4 Å². The van der Waals surface area contributed by atoms with Gasteiger partial charge in [0.15, 0.2) is 0 Å². The Bertz CT molecular complexity index is 819. The Morgan fingerprint density at radius 3 is 2.68 bits per heavy atom. The lowest BCUT2D eigenvalue weighted by Crippen LogP contribution is -2.22. The van der Waals surface area contributed by atoms with Crippen LogP contribution in [0.15, 0.2) is 41.3 Å². The van der Waals surface area contributed by atoms with Crippen molar-refractivity contribution in [3.8, 4) is 5.75 Å². The molecule has 1 amide bonds. The normalized spacial score (nSPS) is 11.7. The Kier molecular flexibility index (Phi) is 6.22. The molecule has 0 heterocycles. The van der Waals surface area contributed by atoms with Gasteiger partial charge in [0.25, 0.3) is 5.69 Å². The molecular weight excluding hydrogens is 371 g/mol. The summed E-state index contributed by atoms with van der Waals surface area (Å²) >= 11 is 6.93. The number of rotatable bonds is 6. The maximum absolute atomic E-state index is 13.2. The van der Waals surface area contributed by atoms with E-state index in [4.69, 9.17) is 16.3 Å². The van der Waals surface area contributed by atoms with Gasteiger partial charge in [0.1, 0.15) is 11.6 Å². The van der Waals surface area contributed by atoms with E-state index in [-0.39, 0.29) is 22.4 Å². The number of ether oxygens (including phenoxy) is 1. The van der Waals surface area contributed by atoms with Gasteiger partial charge in [-0.05, 0) is 31.2 Å². The third kappa shape index (κ3) is 4.83. The Morgan fingerprint density at radius 1 is 1.36 bits per heavy atom. The van der Waals surface area contributed by atoms with Crippen molar-refractivity contribution >= 4 is 40.6 Å². The van der Waals surface area contributed by atoms with Crippen LogP contribution < -0.4 is 10.1 Å². The number of hydrogen-bond acceptors (Lipinski definition) is 5. The van der Waals surface area contributed by atoms with Crippen LogP contribution in [-0.4, -0.2) is 23.2 Å². The zero-order valence-corrected chi connectivity index (χ0v) is 14.9. The molecule has 2 aromatic rings. The minimum absolute atomic E-state index is 0.0188. The van der Waals surface area contributed by atoms with E-state index in [2.05, 4.69) is 5.32 Å². The standard InChI is InChI=1S/C16H14ClFN2O4S/c1-9(25-11-4-5-13(18)12(17)8-11)16(21)19-14-6-3-10(20(22)23)7-15(14)24-2/h3-9H,1-2H3,(H,19,21)/t9-/m1/s1. The van der Waals surface area contributed by atoms with Crippen LogP contribution in [0.1, 0.15) is 6.92 Å². The third-order valence-electron chi connectivity index (χ3n) is 3.23. The quantitative estimate of drug-likeness (QED) is 0.450. The Hall–Kier alpha value is -2.32. The Labute approximate surface area is 152 Å². The summed E-state index contributed by atoms with van der Waals surface area (Å²) in [5.74, 6) is -0.680. The highest BCUT2D eigenvalue weighted by molar-refractivity contribution is 8.00. The number of anilines is 1. The van der Waals surface area contributed by atoms with Gasteiger partial charge < -0.3 is 10.1 Å². The van der Waals surface area contributed by atoms with E-state index >= 15 is 0 Å². The Morgan fingerprint density at radius 2 is 2.08 bits per heavy atom. The number of thioether (sulfide) groups is 1. The van der Waals surface area contributed by atoms with Crippen LogP contribution in [0.3, 0.4) is 0 Å². The largest absolute Gasteiger partial charge is 0.494 e. The maximum atomic E-state index is 13.2. The monoisotopic (exact) mass is 384 g/mol. The van der Waals surface area contributed by atoms with Crippen LogP contribution in [0.5, 0.6) is 5.75 Å². The number of amides is 1. The van der Waals surface area contributed by atoms with Crippen molar-refractivity contribution in [1.29, 1.82) is 0 Å². The molecule has 0 aliphatic heterocycles. The number of carbonyl (C=O) groups is 1. The molecule has 2 aromatic carbocycles. The first kappa shape index (κ1) is 19.0. The molecule has 0 unspecified atom stereocenters. The highest BCUT2D eigenvalue weighted by atomic mass is 35.5. The van der Waals surface area contributed by atoms with Crippen molar-refractivity contribution in [3.63, 3.8) is 0 Å². The number of nitro benzene ring substituents is 1. The van der Waals surface area contributed by atoms with Gasteiger partial charge >= 0.3 is 0 Å². The van der Waals surface area contributed by atoms with Gasteiger partial charge in [0.05, 0.1) is 34.1 Å². The topological polar surface area (TPSA) is 81.5 Å². The summed E-state index contributed by atoms with van der Waals surface area (Å²) in [6.07, 6.45) is 0. The molecule has 1 N–H and O–H groups in total. The molecule has 0 spiro atoms. The Balaban J connectivity index is 2.10. The van der Waals surface area contributed by atoms with Crippen LogP contribution in [0.2, 0.25) is 5.02 Å². The summed E-state index contributed by atoms with van der Waals surface area (Å²) < 4.78 is 18.3. The van der Waals surface area contributed by atoms with E-state index in [1.165, 1.54) is 55.3 Å². The molecule has 0 radical (unpaired) electrons. The first-order valence-corrected chi connectivity index (χ1v) is 8.32. The highest BCUT2D eigenvalue weighted by Crippen LogP contribution is 2.31. The van der Waals surface area contributed by atoms with Crippen molar-refractivity contribution in [2.45, 2.75) is 17.1 Å². The minimum atomic E-state index is -0.551. The van der Waals surface area contributed by atoms with E-state index in [0.29, 0.717) is 10.6 Å². The van der Waals surface area contributed by atoms with Gasteiger partial charge in [-0.2, -0.15) is 0 Å². The van der Waals surface area contributed by atoms with Gasteiger partial charge in [-0.25, -0.2) is 4.39 Å². The smallest absolute Gasteiger partial charge is 0.273 e. The molecule has 0 bridgehead atoms. The second kappa shape index (κ2) is 8.17. The summed E-state index contributed by atoms with van der Waals surface area (Å²) in [7, 11) is 1.35. The zero-order chi connectivity index (χ0) is 18.6. The number of nitrogens with zero attached hydrogens (tertiary/aromatic N) is 1. The molecule has 0 fully saturated rings. The summed E-state index contributed by atoms with van der Waals surface area (Å²) in [5, 5.41) is 12.9. The average molecular weight is 385 g/mol. The predicted octanol–water partition coefficient (Wildman–Crippen LogP) is 4.52. The second-order valence-electron chi connectivity index (χ2n) is 4.97. The summed E-state index contributed by atoms with van der Waals surface area (Å²) in [5.41, 5.74) is 0.181. The summed E-state index contributed by atoms with van der Waals surface area (Å²) in [4.78, 5) is 23.2. The van der Waals surface area contributed by atoms with E-state index < -0.39 is 16.0 Å². The molecule has 0 saturated heterocycles. The van der Waals surface area contributed by atoms with E-state index in [1.54, 1.807) is 6.92 Å². The van der Waals surface area contributed by atoms with Gasteiger partial charge in [-0.3, -0.25) is 14.9 Å². The fourth-order valence-corrected chi connectivity index (χ4v) is 3.09. The molecule has 25 heavy (non-hydrogen) atoms. The second-order valence-corrected chi connectivity index (χ2v) is 6.79. The third-order valence-corrected chi connectivity index (χ3v) is 4.61. The van der Waals surface area contributed by atoms with E-state index in [9.17, 15) is 19.3 Å². The van der Waals surface area contributed by atoms with Crippen LogP contribution in [-0.2, 0) is 4.79 Å². The fraction of sp³-hybridized carbons (Fsp3) is 0.188. The number of halogens is 2. The van der Waals surface area contributed by atoms with Gasteiger partial charge in [-0.15, -0.1) is 11.8 Å². The molecule has 0 aliphatic carbocycles. The lowest BCUT2D eigenvalue weighted by atomic mass is 10.2. The van der Waals surface area contributed by atoms with Crippen molar-refractivity contribution in [2.24, 2.45) is 0 Å². The number of methoxy groups -OCH3 is 1. The lowest BCUT2D eigenvalue weighted by Gasteiger charge is -2.14.